The molecule has 0 aliphatic rings. The van der Waals surface area contributed by atoms with Crippen LogP contribution in [0.2, 0.25) is 0 Å². The topological polar surface area (TPSA) is 47.3 Å². The minimum absolute atomic E-state index is 0.155. The first-order chi connectivity index (χ1) is 7.07. The molecule has 0 heterocycles. The summed E-state index contributed by atoms with van der Waals surface area (Å²) in [5, 5.41) is 0. The van der Waals surface area contributed by atoms with E-state index in [4.69, 9.17) is 10.6 Å². The van der Waals surface area contributed by atoms with Gasteiger partial charge in [-0.3, -0.25) is 11.3 Å². The third-order valence-corrected chi connectivity index (χ3v) is 3.83. The molecule has 0 bridgehead atoms. The van der Waals surface area contributed by atoms with Crippen LogP contribution in [-0.2, 0) is 4.74 Å². The lowest BCUT2D eigenvalue weighted by atomic mass is 9.84. The van der Waals surface area contributed by atoms with Crippen molar-refractivity contribution in [1.82, 2.24) is 5.43 Å². The summed E-state index contributed by atoms with van der Waals surface area (Å²) in [6.07, 6.45) is 4.47. The lowest BCUT2D eigenvalue weighted by molar-refractivity contribution is -0.0354. The van der Waals surface area contributed by atoms with Crippen molar-refractivity contribution in [2.24, 2.45) is 11.8 Å². The predicted molar refractivity (Wildman–Crippen MR) is 65.5 cm³/mol. The van der Waals surface area contributed by atoms with Crippen molar-refractivity contribution >= 4 is 0 Å². The Labute approximate surface area is 94.7 Å². The molecular weight excluding hydrogens is 188 g/mol. The van der Waals surface area contributed by atoms with Crippen LogP contribution < -0.4 is 11.3 Å². The number of hydrazine groups is 1. The highest BCUT2D eigenvalue weighted by Gasteiger charge is 2.32. The number of rotatable bonds is 8. The Bertz CT molecular complexity index is 154. The van der Waals surface area contributed by atoms with Crippen molar-refractivity contribution in [2.75, 3.05) is 7.11 Å². The van der Waals surface area contributed by atoms with E-state index in [0.717, 1.165) is 18.8 Å². The zero-order chi connectivity index (χ0) is 11.9. The molecule has 0 amide bonds. The molecule has 0 aromatic carbocycles. The van der Waals surface area contributed by atoms with Gasteiger partial charge in [0.1, 0.15) is 0 Å². The maximum absolute atomic E-state index is 5.64. The largest absolute Gasteiger partial charge is 0.377 e. The van der Waals surface area contributed by atoms with Crippen LogP contribution in [0.5, 0.6) is 0 Å². The van der Waals surface area contributed by atoms with Crippen LogP contribution in [0.4, 0.5) is 0 Å². The van der Waals surface area contributed by atoms with Crippen molar-refractivity contribution in [3.05, 3.63) is 0 Å². The lowest BCUT2D eigenvalue weighted by Crippen LogP contribution is -2.53. The fourth-order valence-electron chi connectivity index (χ4n) is 1.98. The highest BCUT2D eigenvalue weighted by atomic mass is 16.5. The highest BCUT2D eigenvalue weighted by molar-refractivity contribution is 4.88. The molecule has 0 aliphatic heterocycles. The van der Waals surface area contributed by atoms with E-state index in [9.17, 15) is 0 Å². The van der Waals surface area contributed by atoms with Crippen LogP contribution in [0.3, 0.4) is 0 Å². The standard InChI is InChI=1S/C12H28N2O/c1-6-10(7-2)9-11(14-13)12(4,8-3)15-5/h10-11,14H,6-9,13H2,1-5H3. The Hall–Kier alpha value is -0.120. The second-order valence-corrected chi connectivity index (χ2v) is 4.51. The molecule has 0 aromatic heterocycles. The number of methoxy groups -OCH3 is 1. The van der Waals surface area contributed by atoms with E-state index in [1.54, 1.807) is 7.11 Å². The van der Waals surface area contributed by atoms with Crippen molar-refractivity contribution in [3.63, 3.8) is 0 Å². The zero-order valence-electron chi connectivity index (χ0n) is 11.0. The van der Waals surface area contributed by atoms with E-state index in [2.05, 4.69) is 33.1 Å². The zero-order valence-corrected chi connectivity index (χ0v) is 11.0. The van der Waals surface area contributed by atoms with Crippen molar-refractivity contribution in [1.29, 1.82) is 0 Å². The van der Waals surface area contributed by atoms with E-state index in [1.165, 1.54) is 12.8 Å². The van der Waals surface area contributed by atoms with Gasteiger partial charge >= 0.3 is 0 Å². The summed E-state index contributed by atoms with van der Waals surface area (Å²) < 4.78 is 5.59. The third kappa shape index (κ3) is 4.09. The molecule has 3 nitrogen and oxygen atoms in total. The summed E-state index contributed by atoms with van der Waals surface area (Å²) >= 11 is 0. The Balaban J connectivity index is 4.45. The molecule has 0 rings (SSSR count). The van der Waals surface area contributed by atoms with Gasteiger partial charge in [-0.2, -0.15) is 0 Å². The SMILES string of the molecule is CCC(CC)CC(NN)C(C)(CC)OC. The summed E-state index contributed by atoms with van der Waals surface area (Å²) in [4.78, 5) is 0. The monoisotopic (exact) mass is 216 g/mol. The van der Waals surface area contributed by atoms with Gasteiger partial charge in [-0.1, -0.05) is 33.6 Å². The molecule has 0 radical (unpaired) electrons. The van der Waals surface area contributed by atoms with Gasteiger partial charge in [0.25, 0.3) is 0 Å². The molecule has 3 heteroatoms. The smallest absolute Gasteiger partial charge is 0.0813 e. The molecule has 15 heavy (non-hydrogen) atoms. The number of nitrogens with two attached hydrogens (primary N) is 1. The van der Waals surface area contributed by atoms with Crippen molar-refractivity contribution in [2.45, 2.75) is 65.0 Å². The van der Waals surface area contributed by atoms with Gasteiger partial charge in [-0.15, -0.1) is 0 Å². The molecule has 2 unspecified atom stereocenters. The van der Waals surface area contributed by atoms with Gasteiger partial charge in [0.15, 0.2) is 0 Å². The second-order valence-electron chi connectivity index (χ2n) is 4.51. The van der Waals surface area contributed by atoms with Crippen molar-refractivity contribution < 1.29 is 4.74 Å². The molecule has 0 saturated heterocycles. The van der Waals surface area contributed by atoms with Gasteiger partial charge < -0.3 is 4.74 Å². The quantitative estimate of drug-likeness (QED) is 0.484. The first-order valence-electron chi connectivity index (χ1n) is 6.09. The summed E-state index contributed by atoms with van der Waals surface area (Å²) in [6, 6.07) is 0.234. The Kier molecular flexibility index (Phi) is 7.14. The number of hydrogen-bond donors (Lipinski definition) is 2. The Morgan fingerprint density at radius 1 is 1.27 bits per heavy atom. The fraction of sp³-hybridized carbons (Fsp3) is 1.00. The van der Waals surface area contributed by atoms with Gasteiger partial charge in [-0.25, -0.2) is 0 Å². The molecular formula is C12H28N2O. The molecule has 0 fully saturated rings. The van der Waals surface area contributed by atoms with E-state index in [1.807, 2.05) is 0 Å². The first kappa shape index (κ1) is 14.9. The third-order valence-electron chi connectivity index (χ3n) is 3.83. The van der Waals surface area contributed by atoms with Crippen LogP contribution in [0.15, 0.2) is 0 Å². The van der Waals surface area contributed by atoms with Gasteiger partial charge in [0.2, 0.25) is 0 Å². The summed E-state index contributed by atoms with van der Waals surface area (Å²) in [7, 11) is 1.76. The average molecular weight is 216 g/mol. The van der Waals surface area contributed by atoms with E-state index in [-0.39, 0.29) is 11.6 Å². The Morgan fingerprint density at radius 3 is 2.07 bits per heavy atom. The maximum atomic E-state index is 5.64. The van der Waals surface area contributed by atoms with Crippen LogP contribution in [0.25, 0.3) is 0 Å². The number of nitrogens with one attached hydrogen (secondary N) is 1. The number of ether oxygens (including phenoxy) is 1. The second kappa shape index (κ2) is 7.20. The first-order valence-corrected chi connectivity index (χ1v) is 6.09. The molecule has 3 N–H and O–H groups in total. The van der Waals surface area contributed by atoms with Gasteiger partial charge in [-0.05, 0) is 25.7 Å². The predicted octanol–water partition coefficient (Wildman–Crippen LogP) is 2.46. The molecule has 0 spiro atoms. The lowest BCUT2D eigenvalue weighted by Gasteiger charge is -2.37. The van der Waals surface area contributed by atoms with Crippen LogP contribution >= 0.6 is 0 Å². The normalized spacial score (nSPS) is 17.8. The van der Waals surface area contributed by atoms with Crippen LogP contribution in [-0.4, -0.2) is 18.8 Å². The van der Waals surface area contributed by atoms with E-state index >= 15 is 0 Å². The molecule has 0 aromatic rings. The van der Waals surface area contributed by atoms with Crippen LogP contribution in [0, 0.1) is 5.92 Å². The van der Waals surface area contributed by atoms with E-state index < -0.39 is 0 Å². The molecule has 0 saturated carbocycles. The average Bonchev–Trinajstić information content (AvgIpc) is 2.30. The number of hydrogen-bond acceptors (Lipinski definition) is 3. The molecule has 2 atom stereocenters. The fourth-order valence-corrected chi connectivity index (χ4v) is 1.98. The summed E-state index contributed by atoms with van der Waals surface area (Å²) in [5.74, 6) is 6.37. The summed E-state index contributed by atoms with van der Waals surface area (Å²) in [6.45, 7) is 8.73. The highest BCUT2D eigenvalue weighted by Crippen LogP contribution is 2.26. The summed E-state index contributed by atoms with van der Waals surface area (Å²) in [5.41, 5.74) is 2.76. The van der Waals surface area contributed by atoms with Crippen molar-refractivity contribution in [3.8, 4) is 0 Å². The van der Waals surface area contributed by atoms with E-state index in [0.29, 0.717) is 0 Å². The molecule has 0 aliphatic carbocycles. The van der Waals surface area contributed by atoms with Crippen LogP contribution in [0.1, 0.15) is 53.4 Å². The minimum Gasteiger partial charge on any atom is -0.377 e. The molecule has 92 valence electrons. The Morgan fingerprint density at radius 2 is 1.80 bits per heavy atom. The van der Waals surface area contributed by atoms with Gasteiger partial charge in [0, 0.05) is 7.11 Å². The van der Waals surface area contributed by atoms with Gasteiger partial charge in [0.05, 0.1) is 11.6 Å². The maximum Gasteiger partial charge on any atom is 0.0813 e. The minimum atomic E-state index is -0.155.